The van der Waals surface area contributed by atoms with Gasteiger partial charge >= 0.3 is 6.09 Å². The molecule has 1 saturated heterocycles. The number of aliphatic imine (C=N–C) groups is 1. The Morgan fingerprint density at radius 3 is 2.93 bits per heavy atom. The van der Waals surface area contributed by atoms with Crippen LogP contribution in [0.4, 0.5) is 4.79 Å². The Balaban J connectivity index is 1.33. The van der Waals surface area contributed by atoms with Gasteiger partial charge in [-0.05, 0) is 30.7 Å². The van der Waals surface area contributed by atoms with Crippen LogP contribution in [0.3, 0.4) is 0 Å². The molecule has 2 aliphatic heterocycles. The molecule has 0 saturated carbocycles. The van der Waals surface area contributed by atoms with Crippen molar-refractivity contribution in [3.63, 3.8) is 0 Å². The molecule has 3 aliphatic rings. The zero-order valence-corrected chi connectivity index (χ0v) is 19.5. The van der Waals surface area contributed by atoms with Gasteiger partial charge in [0.1, 0.15) is 6.10 Å². The number of allylic oxidation sites excluding steroid dienone is 4. The van der Waals surface area contributed by atoms with Gasteiger partial charge in [-0.1, -0.05) is 23.8 Å². The average Bonchev–Trinajstić information content (AvgIpc) is 3.23. The number of rotatable bonds is 5. The zero-order valence-electron chi connectivity index (χ0n) is 15.8. The Kier molecular flexibility index (Phi) is 6.64. The van der Waals surface area contributed by atoms with E-state index >= 15 is 0 Å². The third-order valence-corrected chi connectivity index (χ3v) is 6.48. The van der Waals surface area contributed by atoms with Crippen molar-refractivity contribution >= 4 is 61.4 Å². The molecule has 1 aliphatic carbocycles. The van der Waals surface area contributed by atoms with Crippen molar-refractivity contribution in [3.05, 3.63) is 57.0 Å². The Morgan fingerprint density at radius 2 is 2.17 bits per heavy atom. The number of amidine groups is 1. The molecule has 4 rings (SSSR count). The van der Waals surface area contributed by atoms with Gasteiger partial charge in [-0.15, -0.1) is 11.3 Å². The van der Waals surface area contributed by atoms with Crippen LogP contribution in [0.5, 0.6) is 0 Å². The first kappa shape index (κ1) is 21.2. The van der Waals surface area contributed by atoms with Crippen LogP contribution in [0.25, 0.3) is 0 Å². The predicted octanol–water partition coefficient (Wildman–Crippen LogP) is 3.29. The largest absolute Gasteiger partial charge is 0.442 e. The summed E-state index contributed by atoms with van der Waals surface area (Å²) in [6.45, 7) is 2.14. The highest BCUT2D eigenvalue weighted by atomic mass is 127. The van der Waals surface area contributed by atoms with E-state index in [1.165, 1.54) is 11.3 Å². The number of carbonyl (C=O) groups is 2. The molecule has 1 unspecified atom stereocenters. The third-order valence-electron chi connectivity index (χ3n) is 4.66. The van der Waals surface area contributed by atoms with E-state index in [9.17, 15) is 9.59 Å². The summed E-state index contributed by atoms with van der Waals surface area (Å²) >= 11 is 9.24. The molecule has 1 fully saturated rings. The summed E-state index contributed by atoms with van der Waals surface area (Å²) in [6.07, 6.45) is 7.83. The van der Waals surface area contributed by atoms with Crippen LogP contribution in [-0.4, -0.2) is 58.0 Å². The number of carbonyl (C=O) groups excluding carboxylic acids is 2. The molecular formula is C19H19ClIN5O3S. The van der Waals surface area contributed by atoms with E-state index in [-0.39, 0.29) is 12.5 Å². The van der Waals surface area contributed by atoms with Gasteiger partial charge < -0.3 is 10.1 Å². The molecule has 0 aromatic carbocycles. The summed E-state index contributed by atoms with van der Waals surface area (Å²) in [4.78, 5) is 31.0. The topological polar surface area (TPSA) is 86.3 Å². The molecule has 11 heteroatoms. The number of hydrazine groups is 1. The first-order chi connectivity index (χ1) is 14.5. The Labute approximate surface area is 196 Å². The second-order valence-electron chi connectivity index (χ2n) is 6.69. The van der Waals surface area contributed by atoms with Gasteiger partial charge in [0.25, 0.3) is 5.91 Å². The zero-order chi connectivity index (χ0) is 21.1. The van der Waals surface area contributed by atoms with Crippen LogP contribution in [0.2, 0.25) is 4.34 Å². The fourth-order valence-corrected chi connectivity index (χ4v) is 4.71. The SMILES string of the molecule is O=C(NCC1CN(C2=CCC=C(N3CCN=C(I)N3)C=C2)C(=O)O1)c1ccc(Cl)s1. The Hall–Kier alpha value is -2.05. The molecule has 3 heterocycles. The lowest BCUT2D eigenvalue weighted by atomic mass is 10.2. The summed E-state index contributed by atoms with van der Waals surface area (Å²) in [6, 6.07) is 3.35. The monoisotopic (exact) mass is 559 g/mol. The molecule has 158 valence electrons. The van der Waals surface area contributed by atoms with Crippen molar-refractivity contribution in [2.75, 3.05) is 26.2 Å². The lowest BCUT2D eigenvalue weighted by molar-refractivity contribution is 0.0919. The fourth-order valence-electron chi connectivity index (χ4n) is 3.22. The second-order valence-corrected chi connectivity index (χ2v) is 9.43. The predicted molar refractivity (Wildman–Crippen MR) is 125 cm³/mol. The maximum atomic E-state index is 12.4. The van der Waals surface area contributed by atoms with Gasteiger partial charge in [0.05, 0.1) is 41.1 Å². The van der Waals surface area contributed by atoms with Crippen molar-refractivity contribution in [3.8, 4) is 0 Å². The summed E-state index contributed by atoms with van der Waals surface area (Å²) in [7, 11) is 0. The highest BCUT2D eigenvalue weighted by molar-refractivity contribution is 14.1. The highest BCUT2D eigenvalue weighted by Gasteiger charge is 2.33. The minimum Gasteiger partial charge on any atom is -0.442 e. The fraction of sp³-hybridized carbons (Fsp3) is 0.316. The van der Waals surface area contributed by atoms with Crippen LogP contribution >= 0.6 is 45.5 Å². The van der Waals surface area contributed by atoms with E-state index in [1.54, 1.807) is 17.0 Å². The van der Waals surface area contributed by atoms with Gasteiger partial charge in [0, 0.05) is 28.3 Å². The normalized spacial score (nSPS) is 21.3. The number of amides is 2. The minimum absolute atomic E-state index is 0.226. The molecule has 30 heavy (non-hydrogen) atoms. The maximum Gasteiger partial charge on any atom is 0.414 e. The number of thiophene rings is 1. The number of ether oxygens (including phenoxy) is 1. The lowest BCUT2D eigenvalue weighted by Crippen LogP contribution is -2.43. The number of hydrogen-bond donors (Lipinski definition) is 2. The summed E-state index contributed by atoms with van der Waals surface area (Å²) in [5.74, 6) is -0.226. The Bertz CT molecular complexity index is 973. The molecule has 0 bridgehead atoms. The van der Waals surface area contributed by atoms with Crippen LogP contribution in [-0.2, 0) is 4.74 Å². The van der Waals surface area contributed by atoms with Crippen LogP contribution in [0.1, 0.15) is 16.1 Å². The molecule has 0 radical (unpaired) electrons. The van der Waals surface area contributed by atoms with E-state index in [2.05, 4.69) is 44.4 Å². The highest BCUT2D eigenvalue weighted by Crippen LogP contribution is 2.23. The number of hydrogen-bond acceptors (Lipinski definition) is 7. The average molecular weight is 560 g/mol. The van der Waals surface area contributed by atoms with E-state index in [0.29, 0.717) is 22.2 Å². The number of nitrogens with one attached hydrogen (secondary N) is 2. The first-order valence-corrected chi connectivity index (χ1v) is 11.6. The molecule has 2 amide bonds. The van der Waals surface area contributed by atoms with Crippen molar-refractivity contribution in [1.82, 2.24) is 20.7 Å². The van der Waals surface area contributed by atoms with Crippen LogP contribution < -0.4 is 10.7 Å². The van der Waals surface area contributed by atoms with Crippen molar-refractivity contribution in [2.45, 2.75) is 12.5 Å². The molecular weight excluding hydrogens is 541 g/mol. The minimum atomic E-state index is -0.414. The van der Waals surface area contributed by atoms with Crippen molar-refractivity contribution < 1.29 is 14.3 Å². The summed E-state index contributed by atoms with van der Waals surface area (Å²) in [5.41, 5.74) is 5.04. The van der Waals surface area contributed by atoms with Crippen LogP contribution in [0.15, 0.2) is 52.8 Å². The van der Waals surface area contributed by atoms with E-state index in [1.807, 2.05) is 23.2 Å². The summed E-state index contributed by atoms with van der Waals surface area (Å²) in [5, 5.41) is 4.84. The van der Waals surface area contributed by atoms with Crippen LogP contribution in [0, 0.1) is 0 Å². The number of halogens is 2. The molecule has 1 aromatic rings. The molecule has 1 aromatic heterocycles. The quantitative estimate of drug-likeness (QED) is 0.427. The van der Waals surface area contributed by atoms with Gasteiger partial charge in [0.15, 0.2) is 3.84 Å². The van der Waals surface area contributed by atoms with Gasteiger partial charge in [0.2, 0.25) is 0 Å². The van der Waals surface area contributed by atoms with E-state index < -0.39 is 12.2 Å². The van der Waals surface area contributed by atoms with Gasteiger partial charge in [-0.3, -0.25) is 25.1 Å². The third kappa shape index (κ3) is 4.98. The van der Waals surface area contributed by atoms with Crippen molar-refractivity contribution in [2.24, 2.45) is 4.99 Å². The molecule has 2 N–H and O–H groups in total. The Morgan fingerprint density at radius 1 is 1.37 bits per heavy atom. The molecule has 1 atom stereocenters. The standard InChI is InChI=1S/C19H19ClIN5O3S/c20-16-7-6-15(30-16)17(27)23-10-14-11-25(19(28)29-14)12-2-1-3-13(5-4-12)26-9-8-22-18(21)24-26/h2-7,14H,1,8-11H2,(H,22,24)(H,23,27). The van der Waals surface area contributed by atoms with E-state index in [0.717, 1.165) is 28.3 Å². The number of nitrogens with zero attached hydrogens (tertiary/aromatic N) is 3. The molecule has 8 nitrogen and oxygen atoms in total. The first-order valence-electron chi connectivity index (χ1n) is 9.34. The van der Waals surface area contributed by atoms with Gasteiger partial charge in [-0.25, -0.2) is 4.79 Å². The van der Waals surface area contributed by atoms with Crippen molar-refractivity contribution in [1.29, 1.82) is 0 Å². The van der Waals surface area contributed by atoms with E-state index in [4.69, 9.17) is 16.3 Å². The lowest BCUT2D eigenvalue weighted by Gasteiger charge is -2.29. The molecule has 0 spiro atoms. The van der Waals surface area contributed by atoms with Gasteiger partial charge in [-0.2, -0.15) is 0 Å². The summed E-state index contributed by atoms with van der Waals surface area (Å²) < 4.78 is 6.84. The number of cyclic esters (lactones) is 1. The maximum absolute atomic E-state index is 12.4. The second kappa shape index (κ2) is 9.40. The smallest absolute Gasteiger partial charge is 0.414 e.